The Morgan fingerprint density at radius 2 is 2.06 bits per heavy atom. The summed E-state index contributed by atoms with van der Waals surface area (Å²) >= 11 is 0. The Morgan fingerprint density at radius 1 is 1.29 bits per heavy atom. The van der Waals surface area contributed by atoms with Crippen molar-refractivity contribution >= 4 is 0 Å². The largest absolute Gasteiger partial charge is 0.381 e. The number of ether oxygens (including phenoxy) is 1. The fourth-order valence-electron chi connectivity index (χ4n) is 3.59. The summed E-state index contributed by atoms with van der Waals surface area (Å²) in [6, 6.07) is 2.24. The highest BCUT2D eigenvalue weighted by molar-refractivity contribution is 5.09. The van der Waals surface area contributed by atoms with Crippen molar-refractivity contribution in [2.75, 3.05) is 26.3 Å². The number of nitrogens with one attached hydrogen (secondary N) is 1. The second kappa shape index (κ2) is 4.52. The normalized spacial score (nSPS) is 36.9. The Hall–Kier alpha value is -0.120. The lowest BCUT2D eigenvalue weighted by atomic mass is 9.96. The second-order valence-electron chi connectivity index (χ2n) is 6.47. The Morgan fingerprint density at radius 3 is 2.71 bits per heavy atom. The van der Waals surface area contributed by atoms with E-state index in [9.17, 15) is 0 Å². The van der Waals surface area contributed by atoms with E-state index in [1.54, 1.807) is 0 Å². The fraction of sp³-hybridized carbons (Fsp3) is 1.00. The number of rotatable bonds is 3. The molecule has 2 atom stereocenters. The van der Waals surface area contributed by atoms with Gasteiger partial charge in [-0.05, 0) is 51.5 Å². The highest BCUT2D eigenvalue weighted by Crippen LogP contribution is 2.53. The molecule has 2 heterocycles. The molecule has 0 amide bonds. The Labute approximate surface area is 105 Å². The third-order valence-corrected chi connectivity index (χ3v) is 5.07. The summed E-state index contributed by atoms with van der Waals surface area (Å²) < 4.78 is 5.48. The lowest BCUT2D eigenvalue weighted by Gasteiger charge is -2.25. The van der Waals surface area contributed by atoms with Crippen molar-refractivity contribution in [1.82, 2.24) is 10.2 Å². The summed E-state index contributed by atoms with van der Waals surface area (Å²) in [6.45, 7) is 9.11. The quantitative estimate of drug-likeness (QED) is 0.809. The standard InChI is InChI=1S/C14H26N2O/c1-11(2)16-6-3-12(10-16)15-13-9-14(13)4-7-17-8-5-14/h11-13,15H,3-10H2,1-2H3. The van der Waals surface area contributed by atoms with Crippen LogP contribution in [0.4, 0.5) is 0 Å². The highest BCUT2D eigenvalue weighted by atomic mass is 16.5. The van der Waals surface area contributed by atoms with Gasteiger partial charge in [-0.1, -0.05) is 0 Å². The molecular weight excluding hydrogens is 212 g/mol. The van der Waals surface area contributed by atoms with Crippen LogP contribution < -0.4 is 5.32 Å². The maximum Gasteiger partial charge on any atom is 0.0471 e. The van der Waals surface area contributed by atoms with Gasteiger partial charge in [0.25, 0.3) is 0 Å². The lowest BCUT2D eigenvalue weighted by Crippen LogP contribution is -2.38. The molecule has 3 rings (SSSR count). The van der Waals surface area contributed by atoms with Gasteiger partial charge >= 0.3 is 0 Å². The minimum atomic E-state index is 0.628. The molecule has 3 heteroatoms. The molecule has 0 bridgehead atoms. The summed E-state index contributed by atoms with van der Waals surface area (Å²) in [5.41, 5.74) is 0.628. The SMILES string of the molecule is CC(C)N1CCC(NC2CC23CCOCC3)C1. The van der Waals surface area contributed by atoms with E-state index in [0.717, 1.165) is 25.3 Å². The van der Waals surface area contributed by atoms with Crippen LogP contribution >= 0.6 is 0 Å². The van der Waals surface area contributed by atoms with Crippen LogP contribution in [0.5, 0.6) is 0 Å². The monoisotopic (exact) mass is 238 g/mol. The highest BCUT2D eigenvalue weighted by Gasteiger charge is 2.54. The van der Waals surface area contributed by atoms with Gasteiger partial charge in [-0.15, -0.1) is 0 Å². The minimum Gasteiger partial charge on any atom is -0.381 e. The average molecular weight is 238 g/mol. The number of hydrogen-bond donors (Lipinski definition) is 1. The van der Waals surface area contributed by atoms with Gasteiger partial charge in [-0.25, -0.2) is 0 Å². The van der Waals surface area contributed by atoms with E-state index < -0.39 is 0 Å². The van der Waals surface area contributed by atoms with E-state index in [0.29, 0.717) is 11.5 Å². The van der Waals surface area contributed by atoms with Crippen molar-refractivity contribution in [2.45, 2.75) is 57.7 Å². The molecule has 0 radical (unpaired) electrons. The van der Waals surface area contributed by atoms with E-state index in [1.807, 2.05) is 0 Å². The van der Waals surface area contributed by atoms with Crippen molar-refractivity contribution in [1.29, 1.82) is 0 Å². The van der Waals surface area contributed by atoms with Crippen LogP contribution in [0.2, 0.25) is 0 Å². The maximum atomic E-state index is 5.48. The molecule has 3 fully saturated rings. The number of likely N-dealkylation sites (tertiary alicyclic amines) is 1. The Kier molecular flexibility index (Phi) is 3.18. The van der Waals surface area contributed by atoms with Gasteiger partial charge in [0.1, 0.15) is 0 Å². The molecule has 0 aromatic heterocycles. The third-order valence-electron chi connectivity index (χ3n) is 5.07. The van der Waals surface area contributed by atoms with Gasteiger partial charge in [0, 0.05) is 37.9 Å². The first-order valence-electron chi connectivity index (χ1n) is 7.27. The zero-order valence-electron chi connectivity index (χ0n) is 11.2. The maximum absolute atomic E-state index is 5.48. The van der Waals surface area contributed by atoms with Gasteiger partial charge in [0.05, 0.1) is 0 Å². The average Bonchev–Trinajstić information content (AvgIpc) is 2.78. The molecule has 98 valence electrons. The Balaban J connectivity index is 1.47. The predicted octanol–water partition coefficient (Wildman–Crippen LogP) is 1.63. The van der Waals surface area contributed by atoms with Crippen molar-refractivity contribution in [3.05, 3.63) is 0 Å². The molecule has 1 spiro atoms. The van der Waals surface area contributed by atoms with Gasteiger partial charge in [-0.3, -0.25) is 4.90 Å². The first-order chi connectivity index (χ1) is 8.20. The summed E-state index contributed by atoms with van der Waals surface area (Å²) in [7, 11) is 0. The third kappa shape index (κ3) is 2.38. The van der Waals surface area contributed by atoms with Crippen molar-refractivity contribution in [3.63, 3.8) is 0 Å². The molecule has 3 nitrogen and oxygen atoms in total. The van der Waals surface area contributed by atoms with E-state index >= 15 is 0 Å². The first kappa shape index (κ1) is 11.9. The van der Waals surface area contributed by atoms with Crippen LogP contribution in [0.3, 0.4) is 0 Å². The van der Waals surface area contributed by atoms with E-state index in [2.05, 4.69) is 24.1 Å². The van der Waals surface area contributed by atoms with E-state index in [4.69, 9.17) is 4.74 Å². The van der Waals surface area contributed by atoms with E-state index in [-0.39, 0.29) is 0 Å². The molecule has 3 aliphatic rings. The van der Waals surface area contributed by atoms with Crippen LogP contribution in [0.1, 0.15) is 39.5 Å². The van der Waals surface area contributed by atoms with E-state index in [1.165, 1.54) is 38.8 Å². The van der Waals surface area contributed by atoms with Crippen LogP contribution in [0.15, 0.2) is 0 Å². The molecule has 1 saturated carbocycles. The van der Waals surface area contributed by atoms with Crippen LogP contribution in [0.25, 0.3) is 0 Å². The van der Waals surface area contributed by atoms with Crippen LogP contribution in [-0.2, 0) is 4.74 Å². The lowest BCUT2D eigenvalue weighted by molar-refractivity contribution is 0.0538. The van der Waals surface area contributed by atoms with Gasteiger partial charge in [-0.2, -0.15) is 0 Å². The van der Waals surface area contributed by atoms with Gasteiger partial charge in [0.2, 0.25) is 0 Å². The molecule has 1 N–H and O–H groups in total. The van der Waals surface area contributed by atoms with Crippen molar-refractivity contribution in [3.8, 4) is 0 Å². The predicted molar refractivity (Wildman–Crippen MR) is 69.1 cm³/mol. The Bertz CT molecular complexity index is 273. The second-order valence-corrected chi connectivity index (χ2v) is 6.47. The summed E-state index contributed by atoms with van der Waals surface area (Å²) in [4.78, 5) is 2.59. The first-order valence-corrected chi connectivity index (χ1v) is 7.27. The molecular formula is C14H26N2O. The van der Waals surface area contributed by atoms with Gasteiger partial charge < -0.3 is 10.1 Å². The van der Waals surface area contributed by atoms with Crippen LogP contribution in [-0.4, -0.2) is 49.3 Å². The zero-order chi connectivity index (χ0) is 11.9. The molecule has 1 aliphatic carbocycles. The van der Waals surface area contributed by atoms with Gasteiger partial charge in [0.15, 0.2) is 0 Å². The summed E-state index contributed by atoms with van der Waals surface area (Å²) in [5, 5.41) is 3.90. The van der Waals surface area contributed by atoms with Crippen molar-refractivity contribution < 1.29 is 4.74 Å². The molecule has 2 aliphatic heterocycles. The topological polar surface area (TPSA) is 24.5 Å². The molecule has 17 heavy (non-hydrogen) atoms. The smallest absolute Gasteiger partial charge is 0.0471 e. The molecule has 2 unspecified atom stereocenters. The number of hydrogen-bond acceptors (Lipinski definition) is 3. The molecule has 0 aromatic rings. The molecule has 0 aromatic carbocycles. The zero-order valence-corrected chi connectivity index (χ0v) is 11.2. The van der Waals surface area contributed by atoms with Crippen LogP contribution in [0, 0.1) is 5.41 Å². The summed E-state index contributed by atoms with van der Waals surface area (Å²) in [6.07, 6.45) is 5.30. The minimum absolute atomic E-state index is 0.628. The fourth-order valence-corrected chi connectivity index (χ4v) is 3.59. The van der Waals surface area contributed by atoms with Crippen molar-refractivity contribution in [2.24, 2.45) is 5.41 Å². The number of nitrogens with zero attached hydrogens (tertiary/aromatic N) is 1. The summed E-state index contributed by atoms with van der Waals surface area (Å²) in [5.74, 6) is 0. The molecule has 2 saturated heterocycles.